The molecular formula is C16H13N3OS. The smallest absolute Gasteiger partial charge is 0.122 e. The summed E-state index contributed by atoms with van der Waals surface area (Å²) in [6.45, 7) is 0.427. The molecule has 0 aliphatic heterocycles. The Kier molecular flexibility index (Phi) is 3.75. The van der Waals surface area contributed by atoms with Crippen LogP contribution in [0.3, 0.4) is 0 Å². The van der Waals surface area contributed by atoms with Crippen LogP contribution in [0.2, 0.25) is 0 Å². The second-order valence-electron chi connectivity index (χ2n) is 4.56. The lowest BCUT2D eigenvalue weighted by atomic mass is 10.2. The predicted octanol–water partition coefficient (Wildman–Crippen LogP) is 2.84. The van der Waals surface area contributed by atoms with Gasteiger partial charge in [0.1, 0.15) is 17.3 Å². The van der Waals surface area contributed by atoms with Gasteiger partial charge in [-0.1, -0.05) is 18.3 Å². The largest absolute Gasteiger partial charge is 0.489 e. The monoisotopic (exact) mass is 295 g/mol. The number of ether oxygens (including phenoxy) is 1. The van der Waals surface area contributed by atoms with Gasteiger partial charge in [0, 0.05) is 23.8 Å². The molecule has 0 fully saturated rings. The van der Waals surface area contributed by atoms with Gasteiger partial charge >= 0.3 is 0 Å². The van der Waals surface area contributed by atoms with Crippen molar-refractivity contribution in [3.8, 4) is 5.75 Å². The van der Waals surface area contributed by atoms with Crippen molar-refractivity contribution in [3.63, 3.8) is 0 Å². The van der Waals surface area contributed by atoms with Crippen LogP contribution in [0.25, 0.3) is 10.9 Å². The van der Waals surface area contributed by atoms with Crippen molar-refractivity contribution < 1.29 is 4.74 Å². The molecule has 5 heteroatoms. The number of hydrogen-bond acceptors (Lipinski definition) is 4. The maximum Gasteiger partial charge on any atom is 0.122 e. The highest BCUT2D eigenvalue weighted by Gasteiger charge is 2.02. The zero-order chi connectivity index (χ0) is 14.7. The van der Waals surface area contributed by atoms with Crippen LogP contribution in [0.15, 0.2) is 54.9 Å². The SMILES string of the molecule is NC(=S)c1cc(COc2ccc3cccnc3c2)ccn1. The van der Waals surface area contributed by atoms with E-state index in [-0.39, 0.29) is 4.99 Å². The van der Waals surface area contributed by atoms with Crippen LogP contribution in [0.4, 0.5) is 0 Å². The molecule has 0 aliphatic carbocycles. The van der Waals surface area contributed by atoms with E-state index in [1.165, 1.54) is 0 Å². The molecule has 21 heavy (non-hydrogen) atoms. The van der Waals surface area contributed by atoms with Crippen molar-refractivity contribution in [2.45, 2.75) is 6.61 Å². The number of pyridine rings is 2. The molecule has 0 radical (unpaired) electrons. The van der Waals surface area contributed by atoms with E-state index < -0.39 is 0 Å². The summed E-state index contributed by atoms with van der Waals surface area (Å²) in [7, 11) is 0. The van der Waals surface area contributed by atoms with Gasteiger partial charge in [0.2, 0.25) is 0 Å². The third-order valence-corrected chi connectivity index (χ3v) is 3.27. The van der Waals surface area contributed by atoms with Gasteiger partial charge in [-0.15, -0.1) is 0 Å². The van der Waals surface area contributed by atoms with Crippen LogP contribution in [-0.4, -0.2) is 15.0 Å². The fraction of sp³-hybridized carbons (Fsp3) is 0.0625. The first kappa shape index (κ1) is 13.5. The molecule has 0 aliphatic rings. The summed E-state index contributed by atoms with van der Waals surface area (Å²) in [5.74, 6) is 0.773. The van der Waals surface area contributed by atoms with E-state index in [0.717, 1.165) is 22.2 Å². The van der Waals surface area contributed by atoms with E-state index in [1.807, 2.05) is 42.5 Å². The van der Waals surface area contributed by atoms with Gasteiger partial charge in [-0.25, -0.2) is 0 Å². The van der Waals surface area contributed by atoms with Gasteiger partial charge in [0.25, 0.3) is 0 Å². The Morgan fingerprint density at radius 3 is 2.86 bits per heavy atom. The Balaban J connectivity index is 1.77. The normalized spacial score (nSPS) is 10.5. The summed E-state index contributed by atoms with van der Waals surface area (Å²) in [5, 5.41) is 1.09. The second-order valence-corrected chi connectivity index (χ2v) is 5.00. The number of aromatic nitrogens is 2. The molecule has 2 N–H and O–H groups in total. The number of hydrogen-bond donors (Lipinski definition) is 1. The van der Waals surface area contributed by atoms with Crippen molar-refractivity contribution in [3.05, 3.63) is 66.1 Å². The lowest BCUT2D eigenvalue weighted by Gasteiger charge is -2.08. The highest BCUT2D eigenvalue weighted by atomic mass is 32.1. The van der Waals surface area contributed by atoms with Crippen molar-refractivity contribution in [2.75, 3.05) is 0 Å². The van der Waals surface area contributed by atoms with E-state index >= 15 is 0 Å². The lowest BCUT2D eigenvalue weighted by molar-refractivity contribution is 0.306. The highest BCUT2D eigenvalue weighted by Crippen LogP contribution is 2.19. The van der Waals surface area contributed by atoms with E-state index in [2.05, 4.69) is 9.97 Å². The van der Waals surface area contributed by atoms with Crippen LogP contribution >= 0.6 is 12.2 Å². The molecule has 4 nitrogen and oxygen atoms in total. The molecule has 104 valence electrons. The number of fused-ring (bicyclic) bond motifs is 1. The lowest BCUT2D eigenvalue weighted by Crippen LogP contribution is -2.12. The van der Waals surface area contributed by atoms with Gasteiger partial charge < -0.3 is 10.5 Å². The Hall–Kier alpha value is -2.53. The van der Waals surface area contributed by atoms with Gasteiger partial charge in [0.15, 0.2) is 0 Å². The van der Waals surface area contributed by atoms with Crippen molar-refractivity contribution >= 4 is 28.1 Å². The molecule has 0 bridgehead atoms. The number of benzene rings is 1. The van der Waals surface area contributed by atoms with Crippen molar-refractivity contribution in [1.29, 1.82) is 0 Å². The first-order valence-corrected chi connectivity index (χ1v) is 6.85. The molecule has 3 aromatic rings. The Morgan fingerprint density at radius 2 is 2.00 bits per heavy atom. The Bertz CT molecular complexity index is 804. The van der Waals surface area contributed by atoms with Crippen LogP contribution in [0.5, 0.6) is 5.75 Å². The molecule has 0 atom stereocenters. The van der Waals surface area contributed by atoms with E-state index in [1.54, 1.807) is 12.4 Å². The molecule has 3 rings (SSSR count). The standard InChI is InChI=1S/C16H13N3OS/c17-16(21)15-8-11(5-7-19-15)10-20-13-4-3-12-2-1-6-18-14(12)9-13/h1-9H,10H2,(H2,17,21). The summed E-state index contributed by atoms with van der Waals surface area (Å²) >= 11 is 4.92. The summed E-state index contributed by atoms with van der Waals surface area (Å²) in [6.07, 6.45) is 3.44. The minimum atomic E-state index is 0.284. The summed E-state index contributed by atoms with van der Waals surface area (Å²) in [6, 6.07) is 13.5. The average Bonchev–Trinajstić information content (AvgIpc) is 2.53. The number of rotatable bonds is 4. The van der Waals surface area contributed by atoms with Gasteiger partial charge in [-0.05, 0) is 35.9 Å². The molecule has 0 saturated heterocycles. The Labute approximate surface area is 127 Å². The number of nitrogens with zero attached hydrogens (tertiary/aromatic N) is 2. The maximum absolute atomic E-state index is 5.78. The van der Waals surface area contributed by atoms with Crippen molar-refractivity contribution in [2.24, 2.45) is 5.73 Å². The molecule has 0 saturated carbocycles. The topological polar surface area (TPSA) is 61.0 Å². The van der Waals surface area contributed by atoms with E-state index in [9.17, 15) is 0 Å². The third-order valence-electron chi connectivity index (χ3n) is 3.06. The minimum absolute atomic E-state index is 0.284. The average molecular weight is 295 g/mol. The molecule has 0 unspecified atom stereocenters. The van der Waals surface area contributed by atoms with Crippen molar-refractivity contribution in [1.82, 2.24) is 9.97 Å². The predicted molar refractivity (Wildman–Crippen MR) is 86.2 cm³/mol. The first-order valence-electron chi connectivity index (χ1n) is 6.45. The van der Waals surface area contributed by atoms with E-state index in [0.29, 0.717) is 12.3 Å². The third kappa shape index (κ3) is 3.14. The quantitative estimate of drug-likeness (QED) is 0.750. The molecule has 2 heterocycles. The zero-order valence-electron chi connectivity index (χ0n) is 11.2. The minimum Gasteiger partial charge on any atom is -0.489 e. The van der Waals surface area contributed by atoms with Crippen LogP contribution < -0.4 is 10.5 Å². The number of nitrogens with two attached hydrogens (primary N) is 1. The summed E-state index contributed by atoms with van der Waals surface area (Å²) < 4.78 is 5.78. The molecular weight excluding hydrogens is 282 g/mol. The number of thiocarbonyl (C=S) groups is 1. The molecule has 2 aromatic heterocycles. The fourth-order valence-corrected chi connectivity index (χ4v) is 2.11. The highest BCUT2D eigenvalue weighted by molar-refractivity contribution is 7.80. The van der Waals surface area contributed by atoms with Gasteiger partial charge in [-0.3, -0.25) is 9.97 Å². The van der Waals surface area contributed by atoms with Crippen LogP contribution in [0, 0.1) is 0 Å². The zero-order valence-corrected chi connectivity index (χ0v) is 12.0. The summed E-state index contributed by atoms with van der Waals surface area (Å²) in [5.41, 5.74) is 8.05. The van der Waals surface area contributed by atoms with Gasteiger partial charge in [-0.2, -0.15) is 0 Å². The summed E-state index contributed by atoms with van der Waals surface area (Å²) in [4.78, 5) is 8.70. The first-order chi connectivity index (χ1) is 10.2. The fourth-order valence-electron chi connectivity index (χ4n) is 2.00. The maximum atomic E-state index is 5.78. The van der Waals surface area contributed by atoms with Gasteiger partial charge in [0.05, 0.1) is 11.2 Å². The molecule has 0 spiro atoms. The van der Waals surface area contributed by atoms with Crippen LogP contribution in [-0.2, 0) is 6.61 Å². The second kappa shape index (κ2) is 5.85. The van der Waals surface area contributed by atoms with E-state index in [4.69, 9.17) is 22.7 Å². The van der Waals surface area contributed by atoms with Crippen LogP contribution in [0.1, 0.15) is 11.3 Å². The molecule has 0 amide bonds. The molecule has 1 aromatic carbocycles. The Morgan fingerprint density at radius 1 is 1.10 bits per heavy atom.